The van der Waals surface area contributed by atoms with Crippen LogP contribution in [0.1, 0.15) is 20.3 Å². The van der Waals surface area contributed by atoms with Crippen LogP contribution in [-0.4, -0.2) is 79.8 Å². The van der Waals surface area contributed by atoms with E-state index in [1.807, 2.05) is 13.8 Å². The highest BCUT2D eigenvalue weighted by Crippen LogP contribution is 2.27. The first-order valence-electron chi connectivity index (χ1n) is 10.1. The van der Waals surface area contributed by atoms with Crippen molar-refractivity contribution >= 4 is 27.7 Å². The number of carbonyl (C=O) groups is 1. The van der Waals surface area contributed by atoms with Gasteiger partial charge < -0.3 is 14.8 Å². The average Bonchev–Trinajstić information content (AvgIpc) is 3.18. The third-order valence-corrected chi connectivity index (χ3v) is 7.58. The van der Waals surface area contributed by atoms with Crippen LogP contribution in [0.25, 0.3) is 11.4 Å². The van der Waals surface area contributed by atoms with Crippen molar-refractivity contribution < 1.29 is 22.7 Å². The van der Waals surface area contributed by atoms with Gasteiger partial charge in [0.2, 0.25) is 15.9 Å². The Morgan fingerprint density at radius 1 is 1.25 bits per heavy atom. The summed E-state index contributed by atoms with van der Waals surface area (Å²) in [6, 6.07) is 6.58. The molecule has 1 atom stereocenters. The molecular weight excluding hydrogens is 454 g/mol. The van der Waals surface area contributed by atoms with Gasteiger partial charge in [-0.1, -0.05) is 30.8 Å². The number of hydrogen-bond donors (Lipinski definition) is 1. The Morgan fingerprint density at radius 3 is 2.53 bits per heavy atom. The van der Waals surface area contributed by atoms with E-state index in [1.54, 1.807) is 22.8 Å². The van der Waals surface area contributed by atoms with E-state index in [0.29, 0.717) is 16.5 Å². The number of amides is 1. The molecular formula is C20H31N5O5S2. The molecule has 0 aliphatic carbocycles. The number of hydrogen-bond acceptors (Lipinski definition) is 8. The van der Waals surface area contributed by atoms with E-state index in [-0.39, 0.29) is 29.1 Å². The summed E-state index contributed by atoms with van der Waals surface area (Å²) in [5.74, 6) is 0.515. The van der Waals surface area contributed by atoms with E-state index in [1.165, 1.54) is 46.1 Å². The Kier molecular flexibility index (Phi) is 9.64. The third kappa shape index (κ3) is 6.51. The molecule has 0 aliphatic heterocycles. The molecule has 2 aromatic rings. The zero-order valence-corrected chi connectivity index (χ0v) is 20.9. The minimum atomic E-state index is -3.61. The van der Waals surface area contributed by atoms with Crippen molar-refractivity contribution in [3.05, 3.63) is 24.3 Å². The summed E-state index contributed by atoms with van der Waals surface area (Å²) < 4.78 is 38.7. The predicted molar refractivity (Wildman–Crippen MR) is 123 cm³/mol. The topological polar surface area (TPSA) is 116 Å². The van der Waals surface area contributed by atoms with Gasteiger partial charge in [0.15, 0.2) is 17.3 Å². The lowest BCUT2D eigenvalue weighted by Gasteiger charge is -2.17. The second-order valence-electron chi connectivity index (χ2n) is 7.30. The Morgan fingerprint density at radius 2 is 1.94 bits per heavy atom. The highest BCUT2D eigenvalue weighted by Gasteiger charge is 2.22. The van der Waals surface area contributed by atoms with Gasteiger partial charge in [-0.3, -0.25) is 9.36 Å². The van der Waals surface area contributed by atoms with E-state index >= 15 is 0 Å². The molecule has 0 unspecified atom stereocenters. The molecule has 1 aromatic heterocycles. The predicted octanol–water partition coefficient (Wildman–Crippen LogP) is 1.82. The van der Waals surface area contributed by atoms with Crippen LogP contribution in [0.3, 0.4) is 0 Å². The summed E-state index contributed by atoms with van der Waals surface area (Å²) in [5.41, 5.74) is 0.572. The summed E-state index contributed by atoms with van der Waals surface area (Å²) >= 11 is 1.24. The number of sulfonamides is 1. The zero-order valence-electron chi connectivity index (χ0n) is 19.2. The van der Waals surface area contributed by atoms with Gasteiger partial charge in [0.1, 0.15) is 0 Å². The first-order chi connectivity index (χ1) is 15.1. The second kappa shape index (κ2) is 11.8. The van der Waals surface area contributed by atoms with Gasteiger partial charge in [0.05, 0.1) is 17.2 Å². The number of ether oxygens (including phenoxy) is 2. The molecule has 0 spiro atoms. The van der Waals surface area contributed by atoms with Crippen LogP contribution < -0.4 is 5.32 Å². The lowest BCUT2D eigenvalue weighted by molar-refractivity contribution is -0.119. The van der Waals surface area contributed by atoms with Gasteiger partial charge in [-0.25, -0.2) is 12.7 Å². The normalized spacial score (nSPS) is 13.0. The van der Waals surface area contributed by atoms with Crippen LogP contribution in [0.4, 0.5) is 0 Å². The van der Waals surface area contributed by atoms with E-state index in [9.17, 15) is 13.2 Å². The molecule has 1 amide bonds. The first kappa shape index (κ1) is 26.3. The van der Waals surface area contributed by atoms with Crippen LogP contribution in [0, 0.1) is 0 Å². The Bertz CT molecular complexity index is 1010. The molecule has 0 aliphatic rings. The Balaban J connectivity index is 2.40. The Hall–Kier alpha value is -1.99. The monoisotopic (exact) mass is 485 g/mol. The van der Waals surface area contributed by atoms with Gasteiger partial charge in [0, 0.05) is 39.9 Å². The minimum Gasteiger partial charge on any atom is -0.354 e. The molecule has 0 saturated heterocycles. The number of nitrogens with zero attached hydrogens (tertiary/aromatic N) is 4. The largest absolute Gasteiger partial charge is 0.354 e. The number of benzene rings is 1. The lowest BCUT2D eigenvalue weighted by Crippen LogP contribution is -2.33. The van der Waals surface area contributed by atoms with Crippen molar-refractivity contribution in [3.63, 3.8) is 0 Å². The van der Waals surface area contributed by atoms with Crippen LogP contribution in [0.5, 0.6) is 0 Å². The van der Waals surface area contributed by atoms with Gasteiger partial charge in [0.25, 0.3) is 0 Å². The zero-order chi connectivity index (χ0) is 23.9. The Labute approximate surface area is 193 Å². The number of thioether (sulfide) groups is 1. The maximum atomic E-state index is 12.6. The molecule has 178 valence electrons. The maximum absolute atomic E-state index is 12.6. The maximum Gasteiger partial charge on any atom is 0.242 e. The summed E-state index contributed by atoms with van der Waals surface area (Å²) in [7, 11) is 2.39. The summed E-state index contributed by atoms with van der Waals surface area (Å²) in [6.07, 6.45) is 0.262. The molecule has 0 saturated carbocycles. The van der Waals surface area contributed by atoms with Crippen molar-refractivity contribution in [2.24, 2.45) is 0 Å². The number of methoxy groups -OCH3 is 2. The molecule has 0 fully saturated rings. The molecule has 32 heavy (non-hydrogen) atoms. The summed E-state index contributed by atoms with van der Waals surface area (Å²) in [4.78, 5) is 12.4. The average molecular weight is 486 g/mol. The van der Waals surface area contributed by atoms with Gasteiger partial charge in [-0.05, 0) is 25.5 Å². The molecule has 1 heterocycles. The number of aromatic nitrogens is 3. The fourth-order valence-corrected chi connectivity index (χ4v) is 4.43. The van der Waals surface area contributed by atoms with E-state index < -0.39 is 16.3 Å². The SMILES string of the molecule is CC[C@H](C)NC(=O)CSc1nnc(-c2cccc(S(=O)(=O)N(C)C)c2)n1CC(OC)OC. The molecule has 1 aromatic carbocycles. The highest BCUT2D eigenvalue weighted by molar-refractivity contribution is 7.99. The number of rotatable bonds is 12. The fraction of sp³-hybridized carbons (Fsp3) is 0.550. The van der Waals surface area contributed by atoms with E-state index in [2.05, 4.69) is 15.5 Å². The first-order valence-corrected chi connectivity index (χ1v) is 12.5. The minimum absolute atomic E-state index is 0.0873. The molecule has 0 bridgehead atoms. The number of nitrogens with one attached hydrogen (secondary N) is 1. The van der Waals surface area contributed by atoms with E-state index in [4.69, 9.17) is 9.47 Å². The van der Waals surface area contributed by atoms with Crippen molar-refractivity contribution in [1.29, 1.82) is 0 Å². The summed E-state index contributed by atoms with van der Waals surface area (Å²) in [5, 5.41) is 11.9. The highest BCUT2D eigenvalue weighted by atomic mass is 32.2. The van der Waals surface area contributed by atoms with Crippen LogP contribution in [0.2, 0.25) is 0 Å². The standard InChI is InChI=1S/C20H31N5O5S2/c1-7-14(2)21-17(26)13-31-20-23-22-19(25(20)12-18(29-5)30-6)15-9-8-10-16(11-15)32(27,28)24(3)4/h8-11,14,18H,7,12-13H2,1-6H3,(H,21,26)/t14-/m0/s1. The quantitative estimate of drug-likeness (QED) is 0.358. The second-order valence-corrected chi connectivity index (χ2v) is 10.4. The number of carbonyl (C=O) groups excluding carboxylic acids is 1. The fourth-order valence-electron chi connectivity index (χ4n) is 2.72. The van der Waals surface area contributed by atoms with Crippen LogP contribution in [0.15, 0.2) is 34.3 Å². The third-order valence-electron chi connectivity index (χ3n) is 4.80. The van der Waals surface area contributed by atoms with Gasteiger partial charge >= 0.3 is 0 Å². The van der Waals surface area contributed by atoms with Crippen LogP contribution in [-0.2, 0) is 30.8 Å². The smallest absolute Gasteiger partial charge is 0.242 e. The van der Waals surface area contributed by atoms with Crippen molar-refractivity contribution in [2.75, 3.05) is 34.1 Å². The van der Waals surface area contributed by atoms with Crippen LogP contribution >= 0.6 is 11.8 Å². The molecule has 10 nitrogen and oxygen atoms in total. The molecule has 1 N–H and O–H groups in total. The van der Waals surface area contributed by atoms with Crippen molar-refractivity contribution in [3.8, 4) is 11.4 Å². The lowest BCUT2D eigenvalue weighted by atomic mass is 10.2. The van der Waals surface area contributed by atoms with Crippen molar-refractivity contribution in [1.82, 2.24) is 24.4 Å². The van der Waals surface area contributed by atoms with Crippen molar-refractivity contribution in [2.45, 2.75) is 49.2 Å². The molecule has 2 rings (SSSR count). The van der Waals surface area contributed by atoms with Gasteiger partial charge in [-0.2, -0.15) is 0 Å². The van der Waals surface area contributed by atoms with Gasteiger partial charge in [-0.15, -0.1) is 10.2 Å². The summed E-state index contributed by atoms with van der Waals surface area (Å²) in [6.45, 7) is 4.20. The van der Waals surface area contributed by atoms with E-state index in [0.717, 1.165) is 10.7 Å². The molecule has 12 heteroatoms. The molecule has 0 radical (unpaired) electrons.